The summed E-state index contributed by atoms with van der Waals surface area (Å²) in [7, 11) is 0. The zero-order chi connectivity index (χ0) is 20.1. The maximum absolute atomic E-state index is 14.1. The number of hydrogen-bond donors (Lipinski definition) is 2. The van der Waals surface area contributed by atoms with Crippen molar-refractivity contribution in [2.45, 2.75) is 17.6 Å². The fourth-order valence-electron chi connectivity index (χ4n) is 2.36. The molecule has 0 aromatic heterocycles. The summed E-state index contributed by atoms with van der Waals surface area (Å²) < 4.78 is 32.9. The number of aliphatic hydroxyl groups is 2. The predicted molar refractivity (Wildman–Crippen MR) is 89.5 cm³/mol. The van der Waals surface area contributed by atoms with E-state index in [2.05, 4.69) is 0 Å². The van der Waals surface area contributed by atoms with Crippen molar-refractivity contribution in [3.8, 4) is 0 Å². The van der Waals surface area contributed by atoms with Crippen LogP contribution in [-0.2, 0) is 9.53 Å². The summed E-state index contributed by atoms with van der Waals surface area (Å²) in [6.45, 7) is -1.13. The van der Waals surface area contributed by atoms with E-state index in [0.29, 0.717) is 0 Å². The van der Waals surface area contributed by atoms with E-state index in [-0.39, 0.29) is 11.1 Å². The molecule has 2 aromatic carbocycles. The number of ether oxygens (including phenoxy) is 1. The van der Waals surface area contributed by atoms with Crippen LogP contribution in [0.25, 0.3) is 0 Å². The van der Waals surface area contributed by atoms with Crippen LogP contribution in [0, 0.1) is 0 Å². The van der Waals surface area contributed by atoms with Crippen molar-refractivity contribution in [1.29, 1.82) is 0 Å². The number of esters is 1. The normalized spacial score (nSPS) is 14.7. The fraction of sp³-hybridized carbons (Fsp3) is 0.211. The van der Waals surface area contributed by atoms with Gasteiger partial charge in [-0.05, 0) is 12.1 Å². The maximum Gasteiger partial charge on any atom is 0.340 e. The molecule has 0 bridgehead atoms. The molecule has 0 fully saturated rings. The molecule has 0 aliphatic carbocycles. The van der Waals surface area contributed by atoms with Crippen LogP contribution < -0.4 is 0 Å². The van der Waals surface area contributed by atoms with Gasteiger partial charge in [-0.2, -0.15) is 8.78 Å². The quantitative estimate of drug-likeness (QED) is 0.412. The molecule has 0 spiro atoms. The largest absolute Gasteiger partial charge is 0.459 e. The van der Waals surface area contributed by atoms with Gasteiger partial charge in [0.05, 0.1) is 5.56 Å². The van der Waals surface area contributed by atoms with Crippen LogP contribution in [0.4, 0.5) is 8.78 Å². The number of carbonyl (C=O) groups is 3. The second-order valence-electron chi connectivity index (χ2n) is 5.68. The first-order valence-electron chi connectivity index (χ1n) is 7.80. The molecule has 0 heterocycles. The van der Waals surface area contributed by atoms with E-state index in [9.17, 15) is 33.4 Å². The van der Waals surface area contributed by atoms with Crippen LogP contribution in [-0.4, -0.2) is 52.5 Å². The second-order valence-corrected chi connectivity index (χ2v) is 5.68. The molecule has 2 rings (SSSR count). The van der Waals surface area contributed by atoms with Crippen molar-refractivity contribution in [3.05, 3.63) is 71.8 Å². The highest BCUT2D eigenvalue weighted by Crippen LogP contribution is 2.34. The molecule has 0 unspecified atom stereocenters. The molecule has 2 atom stereocenters. The minimum absolute atomic E-state index is 0.0739. The Bertz CT molecular complexity index is 809. The van der Waals surface area contributed by atoms with E-state index >= 15 is 0 Å². The summed E-state index contributed by atoms with van der Waals surface area (Å²) in [4.78, 5) is 35.1. The van der Waals surface area contributed by atoms with E-state index in [0.717, 1.165) is 12.1 Å². The molecule has 0 saturated carbocycles. The van der Waals surface area contributed by atoms with Crippen molar-refractivity contribution in [2.24, 2.45) is 0 Å². The third kappa shape index (κ3) is 4.07. The molecule has 0 aliphatic rings. The van der Waals surface area contributed by atoms with Crippen molar-refractivity contribution < 1.29 is 38.1 Å². The molecule has 27 heavy (non-hydrogen) atoms. The van der Waals surface area contributed by atoms with Gasteiger partial charge in [-0.15, -0.1) is 0 Å². The second kappa shape index (κ2) is 8.15. The number of alkyl halides is 2. The number of rotatable bonds is 8. The lowest BCUT2D eigenvalue weighted by Gasteiger charge is -2.34. The van der Waals surface area contributed by atoms with E-state index < -0.39 is 42.3 Å². The number of ketones is 1. The first-order chi connectivity index (χ1) is 12.7. The average Bonchev–Trinajstić information content (AvgIpc) is 2.71. The van der Waals surface area contributed by atoms with Crippen molar-refractivity contribution >= 4 is 18.0 Å². The number of carbonyl (C=O) groups excluding carboxylic acids is 3. The Morgan fingerprint density at radius 2 is 1.48 bits per heavy atom. The molecule has 0 radical (unpaired) electrons. The van der Waals surface area contributed by atoms with E-state index in [4.69, 9.17) is 4.74 Å². The van der Waals surface area contributed by atoms with Gasteiger partial charge in [-0.3, -0.25) is 9.59 Å². The molecule has 0 saturated heterocycles. The lowest BCUT2D eigenvalue weighted by molar-refractivity contribution is -0.196. The van der Waals surface area contributed by atoms with Gasteiger partial charge < -0.3 is 14.9 Å². The topological polar surface area (TPSA) is 101 Å². The van der Waals surface area contributed by atoms with E-state index in [1.165, 1.54) is 42.5 Å². The van der Waals surface area contributed by atoms with Crippen LogP contribution in [0.2, 0.25) is 0 Å². The lowest BCUT2D eigenvalue weighted by Crippen LogP contribution is -2.64. The molecular weight excluding hydrogens is 362 g/mol. The third-order valence-electron chi connectivity index (χ3n) is 3.90. The first kappa shape index (κ1) is 20.3. The molecule has 2 N–H and O–H groups in total. The van der Waals surface area contributed by atoms with Gasteiger partial charge in [-0.1, -0.05) is 48.5 Å². The minimum Gasteiger partial charge on any atom is -0.459 e. The Balaban J connectivity index is 2.27. The van der Waals surface area contributed by atoms with Gasteiger partial charge in [0.2, 0.25) is 11.4 Å². The molecule has 6 nitrogen and oxygen atoms in total. The molecule has 0 amide bonds. The van der Waals surface area contributed by atoms with Gasteiger partial charge in [0.25, 0.3) is 0 Å². The van der Waals surface area contributed by atoms with Gasteiger partial charge >= 0.3 is 11.9 Å². The summed E-state index contributed by atoms with van der Waals surface area (Å²) in [5.74, 6) is -7.17. The number of hydrogen-bond acceptors (Lipinski definition) is 6. The minimum atomic E-state index is -4.63. The number of Topliss-reactive ketones (excluding diaryl/α,β-unsaturated/α-hetero) is 1. The lowest BCUT2D eigenvalue weighted by atomic mass is 9.82. The number of aliphatic hydroxyl groups excluding tert-OH is 1. The first-order valence-corrected chi connectivity index (χ1v) is 7.80. The van der Waals surface area contributed by atoms with Gasteiger partial charge in [-0.25, -0.2) is 4.79 Å². The van der Waals surface area contributed by atoms with Crippen LogP contribution in [0.5, 0.6) is 0 Å². The Kier molecular flexibility index (Phi) is 6.14. The van der Waals surface area contributed by atoms with Crippen molar-refractivity contribution in [3.63, 3.8) is 0 Å². The molecular formula is C19H16F2O6. The van der Waals surface area contributed by atoms with Gasteiger partial charge in [0.15, 0.2) is 6.29 Å². The average molecular weight is 378 g/mol. The smallest absolute Gasteiger partial charge is 0.340 e. The summed E-state index contributed by atoms with van der Waals surface area (Å²) in [5.41, 5.74) is -4.09. The van der Waals surface area contributed by atoms with Gasteiger partial charge in [0, 0.05) is 5.56 Å². The fourth-order valence-corrected chi connectivity index (χ4v) is 2.36. The zero-order valence-corrected chi connectivity index (χ0v) is 13.9. The predicted octanol–water partition coefficient (Wildman–Crippen LogP) is 1.65. The van der Waals surface area contributed by atoms with Crippen LogP contribution in [0.15, 0.2) is 60.7 Å². The number of halogens is 2. The highest BCUT2D eigenvalue weighted by atomic mass is 19.3. The number of benzene rings is 2. The Labute approximate surface area is 153 Å². The Morgan fingerprint density at radius 1 is 1.00 bits per heavy atom. The number of aldehydes is 1. The SMILES string of the molecule is O=CC(F)(F)[C@@](O)(C(=O)c1ccccc1)[C@H](O)COC(=O)c1ccccc1. The molecule has 142 valence electrons. The molecule has 2 aromatic rings. The van der Waals surface area contributed by atoms with E-state index in [1.807, 2.05) is 0 Å². The Morgan fingerprint density at radius 3 is 1.96 bits per heavy atom. The van der Waals surface area contributed by atoms with E-state index in [1.54, 1.807) is 6.07 Å². The summed E-state index contributed by atoms with van der Waals surface area (Å²) in [5, 5.41) is 20.4. The zero-order valence-electron chi connectivity index (χ0n) is 13.9. The summed E-state index contributed by atoms with van der Waals surface area (Å²) in [6, 6.07) is 14.0. The standard InChI is InChI=1S/C19H16F2O6/c20-18(21,12-22)19(26,16(24)13-7-3-1-4-8-13)15(23)11-27-17(25)14-9-5-2-6-10-14/h1-10,12,15,23,26H,11H2/t15-,19+/m1/s1. The highest BCUT2D eigenvalue weighted by Gasteiger charge is 2.63. The molecule has 8 heteroatoms. The van der Waals surface area contributed by atoms with Crippen LogP contribution in [0.1, 0.15) is 20.7 Å². The summed E-state index contributed by atoms with van der Waals surface area (Å²) in [6.07, 6.45) is -3.49. The van der Waals surface area contributed by atoms with Crippen molar-refractivity contribution in [1.82, 2.24) is 0 Å². The maximum atomic E-state index is 14.1. The molecule has 0 aliphatic heterocycles. The third-order valence-corrected chi connectivity index (χ3v) is 3.90. The van der Waals surface area contributed by atoms with Crippen molar-refractivity contribution in [2.75, 3.05) is 6.61 Å². The van der Waals surface area contributed by atoms with Gasteiger partial charge in [0.1, 0.15) is 12.7 Å². The van der Waals surface area contributed by atoms with Crippen LogP contribution in [0.3, 0.4) is 0 Å². The Hall–Kier alpha value is -2.97. The van der Waals surface area contributed by atoms with Crippen LogP contribution >= 0.6 is 0 Å². The summed E-state index contributed by atoms with van der Waals surface area (Å²) >= 11 is 0. The highest BCUT2D eigenvalue weighted by molar-refractivity contribution is 6.05. The monoisotopic (exact) mass is 378 g/mol.